The Hall–Kier alpha value is -1.24. The predicted molar refractivity (Wildman–Crippen MR) is 109 cm³/mol. The fraction of sp³-hybridized carbons (Fsp3) is 0.680. The smallest absolute Gasteiger partial charge is 0.115 e. The fourth-order valence-corrected chi connectivity index (χ4v) is 7.00. The summed E-state index contributed by atoms with van der Waals surface area (Å²) in [6.45, 7) is 9.65. The molecule has 0 spiro atoms. The molecule has 0 heterocycles. The summed E-state index contributed by atoms with van der Waals surface area (Å²) in [6, 6.07) is 6.16. The molecule has 1 N–H and O–H groups in total. The highest BCUT2D eigenvalue weighted by Crippen LogP contribution is 2.64. The van der Waals surface area contributed by atoms with Gasteiger partial charge in [0.25, 0.3) is 0 Å². The number of fused-ring (bicyclic) bond motifs is 5. The first-order valence-electron chi connectivity index (χ1n) is 10.9. The zero-order chi connectivity index (χ0) is 18.5. The third kappa shape index (κ3) is 2.92. The average Bonchev–Trinajstić information content (AvgIpc) is 2.96. The molecule has 26 heavy (non-hydrogen) atoms. The van der Waals surface area contributed by atoms with Gasteiger partial charge < -0.3 is 5.11 Å². The first-order chi connectivity index (χ1) is 12.4. The summed E-state index contributed by atoms with van der Waals surface area (Å²) in [5.41, 5.74) is 3.49. The number of allylic oxidation sites excluding steroid dienone is 2. The van der Waals surface area contributed by atoms with Gasteiger partial charge in [0.2, 0.25) is 0 Å². The van der Waals surface area contributed by atoms with Crippen molar-refractivity contribution in [2.24, 2.45) is 35.0 Å². The lowest BCUT2D eigenvalue weighted by molar-refractivity contribution is 0.0178. The summed E-state index contributed by atoms with van der Waals surface area (Å²) in [7, 11) is 0. The number of phenols is 1. The lowest BCUT2D eigenvalue weighted by Gasteiger charge is -2.51. The van der Waals surface area contributed by atoms with Gasteiger partial charge in [-0.1, -0.05) is 45.9 Å². The molecule has 6 atom stereocenters. The Morgan fingerprint density at radius 3 is 2.65 bits per heavy atom. The van der Waals surface area contributed by atoms with E-state index in [1.54, 1.807) is 5.56 Å². The van der Waals surface area contributed by atoms with Crippen molar-refractivity contribution in [3.05, 3.63) is 41.5 Å². The molecule has 142 valence electrons. The Kier molecular flexibility index (Phi) is 4.70. The number of benzene rings is 1. The van der Waals surface area contributed by atoms with Crippen molar-refractivity contribution in [3.63, 3.8) is 0 Å². The molecule has 0 aromatic heterocycles. The molecular formula is C25H36O. The maximum Gasteiger partial charge on any atom is 0.115 e. The number of hydrogen-bond donors (Lipinski definition) is 1. The average molecular weight is 353 g/mol. The molecule has 1 aromatic rings. The lowest BCUT2D eigenvalue weighted by Crippen LogP contribution is -2.43. The summed E-state index contributed by atoms with van der Waals surface area (Å²) >= 11 is 0. The van der Waals surface area contributed by atoms with Crippen LogP contribution in [0.4, 0.5) is 0 Å². The molecule has 6 unspecified atom stereocenters. The van der Waals surface area contributed by atoms with Crippen LogP contribution >= 0.6 is 0 Å². The first-order valence-corrected chi connectivity index (χ1v) is 10.9. The van der Waals surface area contributed by atoms with E-state index in [0.717, 1.165) is 30.1 Å². The second kappa shape index (κ2) is 6.73. The maximum atomic E-state index is 9.85. The van der Waals surface area contributed by atoms with Gasteiger partial charge in [-0.05, 0) is 103 Å². The molecule has 4 rings (SSSR count). The minimum Gasteiger partial charge on any atom is -0.508 e. The Labute approximate surface area is 159 Å². The van der Waals surface area contributed by atoms with Crippen LogP contribution in [-0.4, -0.2) is 5.11 Å². The quantitative estimate of drug-likeness (QED) is 0.599. The van der Waals surface area contributed by atoms with E-state index >= 15 is 0 Å². The van der Waals surface area contributed by atoms with E-state index in [1.165, 1.54) is 37.7 Å². The molecule has 3 aliphatic carbocycles. The molecule has 0 radical (unpaired) electrons. The highest BCUT2D eigenvalue weighted by atomic mass is 16.3. The van der Waals surface area contributed by atoms with Crippen molar-refractivity contribution >= 4 is 0 Å². The normalized spacial score (nSPS) is 37.4. The van der Waals surface area contributed by atoms with Gasteiger partial charge >= 0.3 is 0 Å². The summed E-state index contributed by atoms with van der Waals surface area (Å²) in [5, 5.41) is 9.85. The fourth-order valence-electron chi connectivity index (χ4n) is 7.00. The third-order valence-corrected chi connectivity index (χ3v) is 8.22. The summed E-state index contributed by atoms with van der Waals surface area (Å²) in [4.78, 5) is 0. The van der Waals surface area contributed by atoms with Crippen molar-refractivity contribution in [1.82, 2.24) is 0 Å². The van der Waals surface area contributed by atoms with Crippen LogP contribution in [0.15, 0.2) is 30.4 Å². The van der Waals surface area contributed by atoms with Crippen molar-refractivity contribution in [2.75, 3.05) is 0 Å². The van der Waals surface area contributed by atoms with E-state index in [4.69, 9.17) is 0 Å². The van der Waals surface area contributed by atoms with Crippen LogP contribution in [0.2, 0.25) is 0 Å². The molecule has 0 saturated heterocycles. The zero-order valence-electron chi connectivity index (χ0n) is 17.0. The Bertz CT molecular complexity index is 687. The molecule has 0 amide bonds. The van der Waals surface area contributed by atoms with E-state index in [1.807, 2.05) is 12.1 Å². The van der Waals surface area contributed by atoms with E-state index in [0.29, 0.717) is 23.0 Å². The molecule has 0 bridgehead atoms. The highest BCUT2D eigenvalue weighted by Gasteiger charge is 2.55. The van der Waals surface area contributed by atoms with Gasteiger partial charge in [0.15, 0.2) is 0 Å². The topological polar surface area (TPSA) is 20.2 Å². The van der Waals surface area contributed by atoms with Gasteiger partial charge in [-0.2, -0.15) is 0 Å². The van der Waals surface area contributed by atoms with Crippen molar-refractivity contribution < 1.29 is 5.11 Å². The molecular weight excluding hydrogens is 316 g/mol. The zero-order valence-corrected chi connectivity index (χ0v) is 17.0. The first kappa shape index (κ1) is 18.1. The minimum atomic E-state index is 0.439. The Morgan fingerprint density at radius 1 is 1.08 bits per heavy atom. The highest BCUT2D eigenvalue weighted by molar-refractivity contribution is 5.40. The van der Waals surface area contributed by atoms with Crippen LogP contribution < -0.4 is 0 Å². The second-order valence-electron chi connectivity index (χ2n) is 10.0. The van der Waals surface area contributed by atoms with Gasteiger partial charge in [0, 0.05) is 0 Å². The lowest BCUT2D eigenvalue weighted by atomic mass is 9.53. The van der Waals surface area contributed by atoms with Crippen LogP contribution in [0.1, 0.15) is 76.8 Å². The molecule has 2 fully saturated rings. The van der Waals surface area contributed by atoms with Crippen LogP contribution in [-0.2, 0) is 6.42 Å². The van der Waals surface area contributed by atoms with E-state index in [9.17, 15) is 5.11 Å². The Balaban J connectivity index is 1.58. The largest absolute Gasteiger partial charge is 0.508 e. The summed E-state index contributed by atoms with van der Waals surface area (Å²) in [5.74, 6) is 5.14. The molecule has 1 heteroatoms. The van der Waals surface area contributed by atoms with E-state index < -0.39 is 0 Å². The van der Waals surface area contributed by atoms with Gasteiger partial charge in [-0.25, -0.2) is 0 Å². The van der Waals surface area contributed by atoms with Crippen LogP contribution in [0.5, 0.6) is 5.75 Å². The molecule has 1 nitrogen and oxygen atoms in total. The predicted octanol–water partition coefficient (Wildman–Crippen LogP) is 6.71. The van der Waals surface area contributed by atoms with Gasteiger partial charge in [0.1, 0.15) is 5.75 Å². The van der Waals surface area contributed by atoms with Crippen molar-refractivity contribution in [3.8, 4) is 5.75 Å². The maximum absolute atomic E-state index is 9.85. The number of rotatable bonds is 3. The number of phenolic OH excluding ortho intramolecular Hbond substituents is 1. The number of hydrogen-bond acceptors (Lipinski definition) is 1. The van der Waals surface area contributed by atoms with Gasteiger partial charge in [-0.3, -0.25) is 0 Å². The van der Waals surface area contributed by atoms with Crippen LogP contribution in [0, 0.1) is 35.0 Å². The third-order valence-electron chi connectivity index (χ3n) is 8.22. The Morgan fingerprint density at radius 2 is 1.88 bits per heavy atom. The van der Waals surface area contributed by atoms with Gasteiger partial charge in [0.05, 0.1) is 0 Å². The standard InChI is InChI=1S/C25H36O/c1-16(2)5-6-17(3)23-11-12-24-22-9-7-18-15-19(26)8-10-20(18)21(22)13-14-25(23,24)4/h5-6,8,10,15-17,21-24,26H,7,9,11-14H2,1-4H3. The minimum absolute atomic E-state index is 0.439. The van der Waals surface area contributed by atoms with Gasteiger partial charge in [-0.15, -0.1) is 0 Å². The molecule has 0 aliphatic heterocycles. The second-order valence-corrected chi connectivity index (χ2v) is 10.0. The number of aromatic hydroxyl groups is 1. The van der Waals surface area contributed by atoms with E-state index in [-0.39, 0.29) is 0 Å². The number of aryl methyl sites for hydroxylation is 1. The molecule has 3 aliphatic rings. The monoisotopic (exact) mass is 352 g/mol. The van der Waals surface area contributed by atoms with Crippen LogP contribution in [0.3, 0.4) is 0 Å². The summed E-state index contributed by atoms with van der Waals surface area (Å²) in [6.07, 6.45) is 13.0. The van der Waals surface area contributed by atoms with Crippen LogP contribution in [0.25, 0.3) is 0 Å². The molecule has 2 saturated carbocycles. The summed E-state index contributed by atoms with van der Waals surface area (Å²) < 4.78 is 0. The van der Waals surface area contributed by atoms with E-state index in [2.05, 4.69) is 45.9 Å². The van der Waals surface area contributed by atoms with Crippen molar-refractivity contribution in [1.29, 1.82) is 0 Å². The molecule has 1 aromatic carbocycles. The SMILES string of the molecule is CC(C)C=CC(C)C1CCC2C3CCc4cc(O)ccc4C3CCC12C. The van der Waals surface area contributed by atoms with Crippen molar-refractivity contribution in [2.45, 2.75) is 72.1 Å².